The number of amides is 3. The number of hydrogen-bond acceptors (Lipinski definition) is 6. The minimum atomic E-state index is -1.31. The molecule has 0 aliphatic rings. The summed E-state index contributed by atoms with van der Waals surface area (Å²) in [7, 11) is 0. The van der Waals surface area contributed by atoms with E-state index in [0.717, 1.165) is 22.0 Å². The van der Waals surface area contributed by atoms with E-state index in [1.165, 1.54) is 12.1 Å². The molecule has 0 saturated carbocycles. The summed E-state index contributed by atoms with van der Waals surface area (Å²) in [5, 5.41) is 28.5. The first-order valence-corrected chi connectivity index (χ1v) is 14.8. The topological polar surface area (TPSA) is 187 Å². The lowest BCUT2D eigenvalue weighted by Crippen LogP contribution is -2.58. The zero-order valence-corrected chi connectivity index (χ0v) is 25.2. The Morgan fingerprint density at radius 2 is 1.24 bits per heavy atom. The normalized spacial score (nSPS) is 13.9. The molecule has 4 aromatic rings. The van der Waals surface area contributed by atoms with Gasteiger partial charge >= 0.3 is 5.97 Å². The number of carboxylic acid groups (broad SMARTS) is 1. The van der Waals surface area contributed by atoms with Crippen molar-refractivity contribution in [3.63, 3.8) is 0 Å². The average Bonchev–Trinajstić information content (AvgIpc) is 3.43. The first kappa shape index (κ1) is 32.7. The number of hydrogen-bond donors (Lipinski definition) is 7. The number of phenolic OH excluding ortho intramolecular Hbond substituents is 1. The molecule has 8 N–H and O–H groups in total. The number of aliphatic carboxylic acids is 1. The lowest BCUT2D eigenvalue weighted by molar-refractivity contribution is -0.142. The Morgan fingerprint density at radius 3 is 1.89 bits per heavy atom. The van der Waals surface area contributed by atoms with Crippen LogP contribution in [0.5, 0.6) is 5.75 Å². The second-order valence-electron chi connectivity index (χ2n) is 11.4. The molecule has 0 bridgehead atoms. The van der Waals surface area contributed by atoms with Crippen molar-refractivity contribution < 1.29 is 29.4 Å². The minimum Gasteiger partial charge on any atom is -0.508 e. The molecule has 11 nitrogen and oxygen atoms in total. The quantitative estimate of drug-likeness (QED) is 0.114. The van der Waals surface area contributed by atoms with Gasteiger partial charge in [-0.15, -0.1) is 0 Å². The van der Waals surface area contributed by atoms with Crippen LogP contribution in [0, 0.1) is 5.92 Å². The number of rotatable bonds is 14. The molecule has 3 aromatic carbocycles. The van der Waals surface area contributed by atoms with Gasteiger partial charge in [0.05, 0.1) is 6.04 Å². The third kappa shape index (κ3) is 8.93. The number of nitrogens with two attached hydrogens (primary N) is 1. The molecular formula is C34H39N5O6. The van der Waals surface area contributed by atoms with Crippen molar-refractivity contribution in [2.45, 2.75) is 57.3 Å². The van der Waals surface area contributed by atoms with Crippen LogP contribution < -0.4 is 21.7 Å². The van der Waals surface area contributed by atoms with E-state index in [1.54, 1.807) is 32.2 Å². The molecule has 4 unspecified atom stereocenters. The lowest BCUT2D eigenvalue weighted by Gasteiger charge is -2.26. The maximum absolute atomic E-state index is 13.8. The van der Waals surface area contributed by atoms with Gasteiger partial charge < -0.3 is 36.9 Å². The van der Waals surface area contributed by atoms with Crippen LogP contribution in [0.2, 0.25) is 0 Å². The van der Waals surface area contributed by atoms with Gasteiger partial charge in [0.25, 0.3) is 0 Å². The lowest BCUT2D eigenvalue weighted by atomic mass is 10.00. The molecule has 0 saturated heterocycles. The number of carbonyl (C=O) groups is 4. The average molecular weight is 614 g/mol. The predicted octanol–water partition coefficient (Wildman–Crippen LogP) is 2.42. The van der Waals surface area contributed by atoms with Crippen molar-refractivity contribution in [3.05, 3.63) is 102 Å². The highest BCUT2D eigenvalue weighted by molar-refractivity contribution is 5.95. The molecule has 1 aromatic heterocycles. The maximum atomic E-state index is 13.8. The van der Waals surface area contributed by atoms with E-state index in [2.05, 4.69) is 20.9 Å². The summed E-state index contributed by atoms with van der Waals surface area (Å²) in [4.78, 5) is 55.9. The number of phenols is 1. The number of fused-ring (bicyclic) bond motifs is 1. The van der Waals surface area contributed by atoms with Crippen molar-refractivity contribution in [1.29, 1.82) is 0 Å². The van der Waals surface area contributed by atoms with Gasteiger partial charge in [-0.25, -0.2) is 4.79 Å². The van der Waals surface area contributed by atoms with Crippen molar-refractivity contribution >= 4 is 34.6 Å². The van der Waals surface area contributed by atoms with Crippen LogP contribution >= 0.6 is 0 Å². The van der Waals surface area contributed by atoms with Crippen molar-refractivity contribution in [2.24, 2.45) is 11.7 Å². The number of aromatic nitrogens is 1. The van der Waals surface area contributed by atoms with Crippen molar-refractivity contribution in [2.75, 3.05) is 0 Å². The number of carbonyl (C=O) groups excluding carboxylic acids is 3. The monoisotopic (exact) mass is 613 g/mol. The van der Waals surface area contributed by atoms with Crippen LogP contribution in [0.1, 0.15) is 30.5 Å². The summed E-state index contributed by atoms with van der Waals surface area (Å²) in [5.41, 5.74) is 9.02. The van der Waals surface area contributed by atoms with Gasteiger partial charge in [0.1, 0.15) is 23.9 Å². The van der Waals surface area contributed by atoms with Crippen molar-refractivity contribution in [1.82, 2.24) is 20.9 Å². The van der Waals surface area contributed by atoms with Gasteiger partial charge in [0.15, 0.2) is 0 Å². The van der Waals surface area contributed by atoms with Gasteiger partial charge in [-0.1, -0.05) is 74.5 Å². The van der Waals surface area contributed by atoms with Crippen LogP contribution in [-0.2, 0) is 38.4 Å². The SMILES string of the molecule is CC(C)C(N)C(=O)NC(Cc1ccccc1)C(=O)NC(Cc1c[nH]c2ccccc12)C(=O)NC(Cc1ccc(O)cc1)C(=O)O. The molecule has 4 atom stereocenters. The van der Waals surface area contributed by atoms with Crippen LogP contribution in [0.15, 0.2) is 85.1 Å². The summed E-state index contributed by atoms with van der Waals surface area (Å²) in [6.45, 7) is 3.60. The third-order valence-corrected chi connectivity index (χ3v) is 7.66. The zero-order valence-electron chi connectivity index (χ0n) is 25.2. The molecule has 1 heterocycles. The highest BCUT2D eigenvalue weighted by Crippen LogP contribution is 2.20. The first-order chi connectivity index (χ1) is 21.5. The molecule has 0 radical (unpaired) electrons. The van der Waals surface area contributed by atoms with Gasteiger partial charge in [0, 0.05) is 36.4 Å². The standard InChI is InChI=1S/C34H39N5O6/c1-20(2)30(35)33(43)38-27(16-21-8-4-3-5-9-21)31(41)37-28(18-23-19-36-26-11-7-6-10-25(23)26)32(42)39-29(34(44)45)17-22-12-14-24(40)15-13-22/h3-15,19-20,27-30,36,40H,16-18,35H2,1-2H3,(H,37,41)(H,38,43)(H,39,42)(H,44,45). The van der Waals surface area contributed by atoms with Crippen LogP contribution in [0.3, 0.4) is 0 Å². The van der Waals surface area contributed by atoms with Crippen LogP contribution in [0.25, 0.3) is 10.9 Å². The fourth-order valence-electron chi connectivity index (χ4n) is 4.97. The fourth-order valence-corrected chi connectivity index (χ4v) is 4.97. The largest absolute Gasteiger partial charge is 0.508 e. The smallest absolute Gasteiger partial charge is 0.326 e. The number of H-pyrrole nitrogens is 1. The summed E-state index contributed by atoms with van der Waals surface area (Å²) in [5.74, 6) is -3.23. The van der Waals surface area contributed by atoms with Crippen LogP contribution in [-0.4, -0.2) is 63.1 Å². The van der Waals surface area contributed by atoms with E-state index < -0.39 is 47.9 Å². The second kappa shape index (κ2) is 15.0. The van der Waals surface area contributed by atoms with E-state index in [9.17, 15) is 29.4 Å². The number of benzene rings is 3. The molecule has 0 spiro atoms. The van der Waals surface area contributed by atoms with Gasteiger partial charge in [0.2, 0.25) is 17.7 Å². The molecule has 45 heavy (non-hydrogen) atoms. The van der Waals surface area contributed by atoms with E-state index in [-0.39, 0.29) is 30.9 Å². The molecule has 3 amide bonds. The van der Waals surface area contributed by atoms with Gasteiger partial charge in [-0.2, -0.15) is 0 Å². The molecule has 0 aliphatic carbocycles. The van der Waals surface area contributed by atoms with Crippen molar-refractivity contribution in [3.8, 4) is 5.75 Å². The second-order valence-corrected chi connectivity index (χ2v) is 11.4. The highest BCUT2D eigenvalue weighted by Gasteiger charge is 2.31. The number of aromatic hydroxyl groups is 1. The minimum absolute atomic E-state index is 0.0302. The van der Waals surface area contributed by atoms with Gasteiger partial charge in [-0.05, 0) is 40.8 Å². The molecular weight excluding hydrogens is 574 g/mol. The summed E-state index contributed by atoms with van der Waals surface area (Å²) in [6.07, 6.45) is 1.88. The Hall–Kier alpha value is -5.16. The molecule has 4 rings (SSSR count). The van der Waals surface area contributed by atoms with E-state index in [4.69, 9.17) is 5.73 Å². The molecule has 236 valence electrons. The Balaban J connectivity index is 1.61. The maximum Gasteiger partial charge on any atom is 0.326 e. The number of nitrogens with one attached hydrogen (secondary N) is 4. The predicted molar refractivity (Wildman–Crippen MR) is 170 cm³/mol. The summed E-state index contributed by atoms with van der Waals surface area (Å²) < 4.78 is 0. The number of aromatic amines is 1. The first-order valence-electron chi connectivity index (χ1n) is 14.8. The van der Waals surface area contributed by atoms with E-state index >= 15 is 0 Å². The van der Waals surface area contributed by atoms with E-state index in [0.29, 0.717) is 5.56 Å². The van der Waals surface area contributed by atoms with Gasteiger partial charge in [-0.3, -0.25) is 14.4 Å². The Morgan fingerprint density at radius 1 is 0.711 bits per heavy atom. The molecule has 0 fully saturated rings. The zero-order chi connectivity index (χ0) is 32.5. The fraction of sp³-hybridized carbons (Fsp3) is 0.294. The Bertz CT molecular complexity index is 1620. The molecule has 0 aliphatic heterocycles. The Labute approximate surface area is 261 Å². The third-order valence-electron chi connectivity index (χ3n) is 7.66. The highest BCUT2D eigenvalue weighted by atomic mass is 16.4. The van der Waals surface area contributed by atoms with Crippen LogP contribution in [0.4, 0.5) is 0 Å². The number of para-hydroxylation sites is 1. The molecule has 11 heteroatoms. The number of carboxylic acids is 1. The summed E-state index contributed by atoms with van der Waals surface area (Å²) >= 11 is 0. The summed E-state index contributed by atoms with van der Waals surface area (Å²) in [6, 6.07) is 18.2. The Kier molecular flexibility index (Phi) is 10.9. The van der Waals surface area contributed by atoms with E-state index in [1.807, 2.05) is 54.6 Å².